The van der Waals surface area contributed by atoms with Crippen molar-refractivity contribution in [3.63, 3.8) is 0 Å². The molecule has 1 rings (SSSR count). The quantitative estimate of drug-likeness (QED) is 0.103. The number of rotatable bonds is 21. The second-order valence-electron chi connectivity index (χ2n) is 10.8. The lowest BCUT2D eigenvalue weighted by Crippen LogP contribution is -2.63. The Balaban J connectivity index is 2.60. The van der Waals surface area contributed by atoms with E-state index in [2.05, 4.69) is 10.1 Å². The van der Waals surface area contributed by atoms with Crippen LogP contribution in [0.2, 0.25) is 0 Å². The standard InChI is InChI=1S/C30H50N2O13/c1-19(33)40-18-24-26(42-20(2)34)27(43-21(3)35)28(44-22(4)36)30(45-24)41-17-23(31)29(38)32-16-14-12-10-8-6-7-9-11-13-15-25(37)39-5/h23-24,26-28,30H,6-18,31H2,1-5H3,(H,32,38)/t23?,24-,26+,27+,28-,30-/m1/s1. The van der Waals surface area contributed by atoms with Crippen LogP contribution in [0.3, 0.4) is 0 Å². The molecule has 3 N–H and O–H groups in total. The number of esters is 5. The van der Waals surface area contributed by atoms with Crippen LogP contribution in [-0.2, 0) is 61.9 Å². The minimum atomic E-state index is -1.42. The minimum Gasteiger partial charge on any atom is -0.469 e. The first-order chi connectivity index (χ1) is 21.3. The van der Waals surface area contributed by atoms with Crippen LogP contribution in [0.15, 0.2) is 0 Å². The van der Waals surface area contributed by atoms with Gasteiger partial charge in [0.25, 0.3) is 0 Å². The van der Waals surface area contributed by atoms with Gasteiger partial charge >= 0.3 is 29.8 Å². The first-order valence-electron chi connectivity index (χ1n) is 15.4. The van der Waals surface area contributed by atoms with Crippen LogP contribution in [0.25, 0.3) is 0 Å². The number of ether oxygens (including phenoxy) is 7. The first kappa shape index (κ1) is 39.7. The fraction of sp³-hybridized carbons (Fsp3) is 0.800. The highest BCUT2D eigenvalue weighted by Crippen LogP contribution is 2.30. The van der Waals surface area contributed by atoms with Crippen molar-refractivity contribution in [2.24, 2.45) is 5.73 Å². The third-order valence-corrected chi connectivity index (χ3v) is 6.81. The van der Waals surface area contributed by atoms with E-state index < -0.39 is 73.1 Å². The lowest BCUT2D eigenvalue weighted by Gasteiger charge is -2.44. The van der Waals surface area contributed by atoms with Gasteiger partial charge in [0, 0.05) is 40.7 Å². The summed E-state index contributed by atoms with van der Waals surface area (Å²) < 4.78 is 37.2. The van der Waals surface area contributed by atoms with E-state index in [0.29, 0.717) is 13.0 Å². The zero-order valence-electron chi connectivity index (χ0n) is 27.0. The molecule has 1 aliphatic heterocycles. The van der Waals surface area contributed by atoms with E-state index in [9.17, 15) is 28.8 Å². The summed E-state index contributed by atoms with van der Waals surface area (Å²) >= 11 is 0. The molecule has 1 heterocycles. The molecule has 1 saturated heterocycles. The SMILES string of the molecule is COC(=O)CCCCCCCCCCCNC(=O)C(N)CO[C@@H]1O[C@H](COC(C)=O)[C@H](OC(C)=O)[C@H](OC(C)=O)[C@H]1OC(C)=O. The number of amides is 1. The number of hydrogen-bond acceptors (Lipinski definition) is 14. The van der Waals surface area contributed by atoms with Gasteiger partial charge in [-0.2, -0.15) is 0 Å². The van der Waals surface area contributed by atoms with Gasteiger partial charge in [0.2, 0.25) is 5.91 Å². The molecule has 1 fully saturated rings. The maximum atomic E-state index is 12.6. The monoisotopic (exact) mass is 646 g/mol. The molecular formula is C30H50N2O13. The fourth-order valence-electron chi connectivity index (χ4n) is 4.67. The van der Waals surface area contributed by atoms with Crippen LogP contribution in [0.4, 0.5) is 0 Å². The predicted octanol–water partition coefficient (Wildman–Crippen LogP) is 1.60. The minimum absolute atomic E-state index is 0.169. The second-order valence-corrected chi connectivity index (χ2v) is 10.8. The van der Waals surface area contributed by atoms with E-state index in [1.807, 2.05) is 0 Å². The zero-order valence-corrected chi connectivity index (χ0v) is 27.0. The molecule has 0 radical (unpaired) electrons. The molecule has 0 saturated carbocycles. The second kappa shape index (κ2) is 22.2. The highest BCUT2D eigenvalue weighted by atomic mass is 16.7. The van der Waals surface area contributed by atoms with Crippen molar-refractivity contribution in [3.05, 3.63) is 0 Å². The molecule has 45 heavy (non-hydrogen) atoms. The molecule has 1 amide bonds. The molecule has 258 valence electrons. The Morgan fingerprint density at radius 1 is 0.711 bits per heavy atom. The van der Waals surface area contributed by atoms with Crippen LogP contribution < -0.4 is 11.1 Å². The molecule has 15 heteroatoms. The molecule has 1 unspecified atom stereocenters. The average molecular weight is 647 g/mol. The summed E-state index contributed by atoms with van der Waals surface area (Å²) in [5, 5.41) is 2.77. The normalized spacial score (nSPS) is 21.6. The average Bonchev–Trinajstić information content (AvgIpc) is 2.96. The topological polar surface area (TPSA) is 205 Å². The number of carbonyl (C=O) groups is 6. The van der Waals surface area contributed by atoms with E-state index in [4.69, 9.17) is 34.2 Å². The number of nitrogens with one attached hydrogen (secondary N) is 1. The smallest absolute Gasteiger partial charge is 0.305 e. The molecule has 0 aromatic carbocycles. The Hall–Kier alpha value is -3.30. The Kier molecular flexibility index (Phi) is 19.6. The van der Waals surface area contributed by atoms with E-state index in [1.165, 1.54) is 14.0 Å². The molecule has 6 atom stereocenters. The molecule has 0 aliphatic carbocycles. The Morgan fingerprint density at radius 2 is 1.22 bits per heavy atom. The summed E-state index contributed by atoms with van der Waals surface area (Å²) in [7, 11) is 1.40. The number of hydrogen-bond donors (Lipinski definition) is 2. The van der Waals surface area contributed by atoms with Crippen molar-refractivity contribution in [1.82, 2.24) is 5.32 Å². The molecule has 15 nitrogen and oxygen atoms in total. The molecule has 0 aromatic rings. The number of methoxy groups -OCH3 is 1. The number of unbranched alkanes of at least 4 members (excludes halogenated alkanes) is 8. The third-order valence-electron chi connectivity index (χ3n) is 6.81. The Bertz CT molecular complexity index is 960. The highest BCUT2D eigenvalue weighted by molar-refractivity contribution is 5.81. The van der Waals surface area contributed by atoms with Crippen molar-refractivity contribution in [3.8, 4) is 0 Å². The van der Waals surface area contributed by atoms with Gasteiger partial charge in [-0.1, -0.05) is 44.9 Å². The summed E-state index contributed by atoms with van der Waals surface area (Å²) in [5.74, 6) is -3.58. The van der Waals surface area contributed by atoms with Crippen LogP contribution in [-0.4, -0.2) is 99.4 Å². The highest BCUT2D eigenvalue weighted by Gasteiger charge is 2.52. The first-order valence-corrected chi connectivity index (χ1v) is 15.4. The van der Waals surface area contributed by atoms with E-state index >= 15 is 0 Å². The zero-order chi connectivity index (χ0) is 33.8. The van der Waals surface area contributed by atoms with Gasteiger partial charge in [0.05, 0.1) is 13.7 Å². The summed E-state index contributed by atoms with van der Waals surface area (Å²) in [6.07, 6.45) is 2.81. The molecule has 0 aromatic heterocycles. The Labute approximate surface area is 264 Å². The molecular weight excluding hydrogens is 596 g/mol. The van der Waals surface area contributed by atoms with Crippen molar-refractivity contribution >= 4 is 35.8 Å². The summed E-state index contributed by atoms with van der Waals surface area (Å²) in [4.78, 5) is 70.8. The summed E-state index contributed by atoms with van der Waals surface area (Å²) in [6.45, 7) is 4.18. The number of nitrogens with two attached hydrogens (primary N) is 1. The van der Waals surface area contributed by atoms with Crippen molar-refractivity contribution in [1.29, 1.82) is 0 Å². The van der Waals surface area contributed by atoms with Gasteiger partial charge in [-0.25, -0.2) is 0 Å². The third kappa shape index (κ3) is 17.1. The van der Waals surface area contributed by atoms with Crippen LogP contribution in [0.5, 0.6) is 0 Å². The Morgan fingerprint density at radius 3 is 1.76 bits per heavy atom. The molecule has 0 bridgehead atoms. The maximum Gasteiger partial charge on any atom is 0.305 e. The van der Waals surface area contributed by atoms with Gasteiger partial charge in [0.1, 0.15) is 18.8 Å². The van der Waals surface area contributed by atoms with Crippen LogP contribution in [0, 0.1) is 0 Å². The van der Waals surface area contributed by atoms with Crippen molar-refractivity contribution in [2.75, 3.05) is 26.9 Å². The van der Waals surface area contributed by atoms with Crippen molar-refractivity contribution < 1.29 is 61.9 Å². The molecule has 0 spiro atoms. The largest absolute Gasteiger partial charge is 0.469 e. The van der Waals surface area contributed by atoms with E-state index in [-0.39, 0.29) is 12.6 Å². The number of carbonyl (C=O) groups excluding carboxylic acids is 6. The molecule has 1 aliphatic rings. The van der Waals surface area contributed by atoms with Crippen molar-refractivity contribution in [2.45, 2.75) is 129 Å². The van der Waals surface area contributed by atoms with E-state index in [1.54, 1.807) is 0 Å². The fourth-order valence-corrected chi connectivity index (χ4v) is 4.67. The van der Waals surface area contributed by atoms with Gasteiger partial charge < -0.3 is 44.2 Å². The van der Waals surface area contributed by atoms with Gasteiger partial charge in [-0.05, 0) is 12.8 Å². The van der Waals surface area contributed by atoms with Crippen LogP contribution >= 0.6 is 0 Å². The van der Waals surface area contributed by atoms with E-state index in [0.717, 1.165) is 78.6 Å². The van der Waals surface area contributed by atoms with Crippen LogP contribution in [0.1, 0.15) is 91.9 Å². The lowest BCUT2D eigenvalue weighted by atomic mass is 9.98. The van der Waals surface area contributed by atoms with Gasteiger partial charge in [-0.15, -0.1) is 0 Å². The maximum absolute atomic E-state index is 12.6. The lowest BCUT2D eigenvalue weighted by molar-refractivity contribution is -0.308. The van der Waals surface area contributed by atoms with Gasteiger partial charge in [0.15, 0.2) is 24.6 Å². The summed E-state index contributed by atoms with van der Waals surface area (Å²) in [6, 6.07) is -1.11. The predicted molar refractivity (Wildman–Crippen MR) is 157 cm³/mol. The van der Waals surface area contributed by atoms with Gasteiger partial charge in [-0.3, -0.25) is 28.8 Å². The summed E-state index contributed by atoms with van der Waals surface area (Å²) in [5.41, 5.74) is 6.03.